The first-order valence-electron chi connectivity index (χ1n) is 11.7. The Hall–Kier alpha value is -3.70. The Kier molecular flexibility index (Phi) is 7.01. The van der Waals surface area contributed by atoms with Crippen LogP contribution in [0, 0.1) is 0 Å². The molecule has 1 saturated heterocycles. The van der Waals surface area contributed by atoms with Crippen LogP contribution >= 0.6 is 0 Å². The fourth-order valence-electron chi connectivity index (χ4n) is 4.04. The number of halogens is 3. The molecular formula is C25H26F3N7O. The second-order valence-electron chi connectivity index (χ2n) is 8.51. The number of aromatic nitrogens is 4. The minimum atomic E-state index is -4.37. The van der Waals surface area contributed by atoms with Crippen LogP contribution in [0.1, 0.15) is 11.1 Å². The maximum absolute atomic E-state index is 12.9. The number of anilines is 3. The number of hydrogen-bond acceptors (Lipinski definition) is 7. The zero-order valence-electron chi connectivity index (χ0n) is 19.5. The van der Waals surface area contributed by atoms with Gasteiger partial charge in [-0.2, -0.15) is 23.1 Å². The monoisotopic (exact) mass is 497 g/mol. The molecular weight excluding hydrogens is 471 g/mol. The number of fused-ring (bicyclic) bond motifs is 1. The molecule has 5 rings (SSSR count). The SMILES string of the molecule is FC(F)(F)c1ccc(Cn2cnc3c(NCCN4CCOCC4)nc(Nc4ccccc4)nc32)cc1. The number of benzene rings is 2. The molecule has 0 saturated carbocycles. The highest BCUT2D eigenvalue weighted by Crippen LogP contribution is 2.29. The van der Waals surface area contributed by atoms with Crippen LogP contribution in [-0.2, 0) is 17.5 Å². The van der Waals surface area contributed by atoms with Gasteiger partial charge in [0.15, 0.2) is 17.0 Å². The number of hydrogen-bond donors (Lipinski definition) is 2. The second-order valence-corrected chi connectivity index (χ2v) is 8.51. The van der Waals surface area contributed by atoms with Crippen LogP contribution in [0.3, 0.4) is 0 Å². The molecule has 1 aliphatic heterocycles. The molecule has 0 unspecified atom stereocenters. The largest absolute Gasteiger partial charge is 0.416 e. The fraction of sp³-hybridized carbons (Fsp3) is 0.320. The average Bonchev–Trinajstić information content (AvgIpc) is 3.28. The number of nitrogens with zero attached hydrogens (tertiary/aromatic N) is 5. The summed E-state index contributed by atoms with van der Waals surface area (Å²) in [5.74, 6) is 0.995. The van der Waals surface area contributed by atoms with Crippen molar-refractivity contribution < 1.29 is 17.9 Å². The van der Waals surface area contributed by atoms with Crippen molar-refractivity contribution in [1.29, 1.82) is 0 Å². The second kappa shape index (κ2) is 10.5. The molecule has 188 valence electrons. The van der Waals surface area contributed by atoms with E-state index in [1.54, 1.807) is 6.33 Å². The molecule has 1 aliphatic rings. The first kappa shape index (κ1) is 24.0. The van der Waals surface area contributed by atoms with Gasteiger partial charge in [-0.3, -0.25) is 4.90 Å². The first-order chi connectivity index (χ1) is 17.5. The lowest BCUT2D eigenvalue weighted by Gasteiger charge is -2.26. The van der Waals surface area contributed by atoms with Crippen LogP contribution < -0.4 is 10.6 Å². The van der Waals surface area contributed by atoms with Crippen molar-refractivity contribution in [2.75, 3.05) is 50.0 Å². The van der Waals surface area contributed by atoms with Crippen molar-refractivity contribution in [3.05, 3.63) is 72.1 Å². The lowest BCUT2D eigenvalue weighted by molar-refractivity contribution is -0.137. The van der Waals surface area contributed by atoms with Gasteiger partial charge in [-0.05, 0) is 29.8 Å². The number of alkyl halides is 3. The summed E-state index contributed by atoms with van der Waals surface area (Å²) in [7, 11) is 0. The first-order valence-corrected chi connectivity index (χ1v) is 11.7. The van der Waals surface area contributed by atoms with Gasteiger partial charge in [-0.1, -0.05) is 30.3 Å². The van der Waals surface area contributed by atoms with Crippen molar-refractivity contribution >= 4 is 28.6 Å². The maximum atomic E-state index is 12.9. The molecule has 0 spiro atoms. The van der Waals surface area contributed by atoms with Crippen molar-refractivity contribution in [2.24, 2.45) is 0 Å². The van der Waals surface area contributed by atoms with Crippen molar-refractivity contribution in [1.82, 2.24) is 24.4 Å². The molecule has 0 bridgehead atoms. The van der Waals surface area contributed by atoms with Crippen LogP contribution in [0.25, 0.3) is 11.2 Å². The van der Waals surface area contributed by atoms with Gasteiger partial charge in [0.25, 0.3) is 0 Å². The molecule has 0 amide bonds. The molecule has 1 fully saturated rings. The number of ether oxygens (including phenoxy) is 1. The number of imidazole rings is 1. The Morgan fingerprint density at radius 2 is 1.69 bits per heavy atom. The molecule has 2 aromatic heterocycles. The van der Waals surface area contributed by atoms with Gasteiger partial charge >= 0.3 is 6.18 Å². The summed E-state index contributed by atoms with van der Waals surface area (Å²) in [6, 6.07) is 14.7. The number of morpholine rings is 1. The van der Waals surface area contributed by atoms with Gasteiger partial charge in [0.05, 0.1) is 31.6 Å². The zero-order valence-corrected chi connectivity index (χ0v) is 19.5. The van der Waals surface area contributed by atoms with Gasteiger partial charge in [-0.25, -0.2) is 4.98 Å². The van der Waals surface area contributed by atoms with Gasteiger partial charge < -0.3 is 19.9 Å². The molecule has 8 nitrogen and oxygen atoms in total. The Morgan fingerprint density at radius 1 is 0.944 bits per heavy atom. The van der Waals surface area contributed by atoms with E-state index in [0.717, 1.165) is 50.7 Å². The van der Waals surface area contributed by atoms with Crippen LogP contribution in [-0.4, -0.2) is 63.8 Å². The highest BCUT2D eigenvalue weighted by molar-refractivity contribution is 5.84. The standard InChI is InChI=1S/C25H26F3N7O/c26-25(27,28)19-8-6-18(7-9-19)16-35-17-30-21-22(29-10-11-34-12-14-36-15-13-34)32-24(33-23(21)35)31-20-4-2-1-3-5-20/h1-9,17H,10-16H2,(H2,29,31,32,33). The van der Waals surface area contributed by atoms with Crippen molar-refractivity contribution in [3.63, 3.8) is 0 Å². The summed E-state index contributed by atoms with van der Waals surface area (Å²) in [4.78, 5) is 16.2. The fourth-order valence-corrected chi connectivity index (χ4v) is 4.04. The molecule has 0 radical (unpaired) electrons. The van der Waals surface area contributed by atoms with Gasteiger partial charge in [0.1, 0.15) is 0 Å². The van der Waals surface area contributed by atoms with Crippen LogP contribution in [0.15, 0.2) is 60.9 Å². The smallest absolute Gasteiger partial charge is 0.379 e. The summed E-state index contributed by atoms with van der Waals surface area (Å²) in [5.41, 5.74) is 2.05. The lowest BCUT2D eigenvalue weighted by atomic mass is 10.1. The third-order valence-corrected chi connectivity index (χ3v) is 5.95. The van der Waals surface area contributed by atoms with Gasteiger partial charge in [0, 0.05) is 31.9 Å². The van der Waals surface area contributed by atoms with E-state index in [0.29, 0.717) is 41.6 Å². The van der Waals surface area contributed by atoms with E-state index < -0.39 is 11.7 Å². The Morgan fingerprint density at radius 3 is 2.42 bits per heavy atom. The molecule has 4 aromatic rings. The number of para-hydroxylation sites is 1. The highest BCUT2D eigenvalue weighted by atomic mass is 19.4. The minimum Gasteiger partial charge on any atom is -0.379 e. The third kappa shape index (κ3) is 5.74. The molecule has 36 heavy (non-hydrogen) atoms. The molecule has 0 aliphatic carbocycles. The van der Waals surface area contributed by atoms with Crippen LogP contribution in [0.2, 0.25) is 0 Å². The topological polar surface area (TPSA) is 80.1 Å². The van der Waals surface area contributed by atoms with E-state index in [2.05, 4.69) is 30.5 Å². The molecule has 2 aromatic carbocycles. The van der Waals surface area contributed by atoms with E-state index in [1.165, 1.54) is 12.1 Å². The average molecular weight is 498 g/mol. The third-order valence-electron chi connectivity index (χ3n) is 5.95. The van der Waals surface area contributed by atoms with E-state index in [-0.39, 0.29) is 0 Å². The van der Waals surface area contributed by atoms with Gasteiger partial charge in [-0.15, -0.1) is 0 Å². The molecule has 11 heteroatoms. The summed E-state index contributed by atoms with van der Waals surface area (Å²) < 4.78 is 46.0. The highest BCUT2D eigenvalue weighted by Gasteiger charge is 2.30. The number of nitrogens with one attached hydrogen (secondary N) is 2. The van der Waals surface area contributed by atoms with Crippen molar-refractivity contribution in [3.8, 4) is 0 Å². The van der Waals surface area contributed by atoms with Gasteiger partial charge in [0.2, 0.25) is 5.95 Å². The normalized spacial score (nSPS) is 14.8. The summed E-state index contributed by atoms with van der Waals surface area (Å²) in [6.45, 7) is 5.08. The van der Waals surface area contributed by atoms with E-state index >= 15 is 0 Å². The van der Waals surface area contributed by atoms with E-state index in [1.807, 2.05) is 34.9 Å². The summed E-state index contributed by atoms with van der Waals surface area (Å²) in [5, 5.41) is 6.61. The van der Waals surface area contributed by atoms with Crippen LogP contribution in [0.5, 0.6) is 0 Å². The predicted octanol–water partition coefficient (Wildman–Crippen LogP) is 4.38. The maximum Gasteiger partial charge on any atom is 0.416 e. The predicted molar refractivity (Wildman–Crippen MR) is 131 cm³/mol. The molecule has 0 atom stereocenters. The van der Waals surface area contributed by atoms with Crippen LogP contribution in [0.4, 0.5) is 30.6 Å². The lowest BCUT2D eigenvalue weighted by Crippen LogP contribution is -2.39. The Bertz CT molecular complexity index is 1290. The Balaban J connectivity index is 1.40. The minimum absolute atomic E-state index is 0.323. The van der Waals surface area contributed by atoms with E-state index in [4.69, 9.17) is 4.74 Å². The summed E-state index contributed by atoms with van der Waals surface area (Å²) >= 11 is 0. The zero-order chi connectivity index (χ0) is 25.0. The van der Waals surface area contributed by atoms with Crippen molar-refractivity contribution in [2.45, 2.75) is 12.7 Å². The molecule has 2 N–H and O–H groups in total. The summed E-state index contributed by atoms with van der Waals surface area (Å²) in [6.07, 6.45) is -2.73. The quantitative estimate of drug-likeness (QED) is 0.374. The Labute approximate surface area is 206 Å². The number of rotatable bonds is 8. The van der Waals surface area contributed by atoms with E-state index in [9.17, 15) is 13.2 Å². The molecule has 3 heterocycles.